The second-order valence-electron chi connectivity index (χ2n) is 4.05. The quantitative estimate of drug-likeness (QED) is 0.678. The summed E-state index contributed by atoms with van der Waals surface area (Å²) < 4.78 is 0. The van der Waals surface area contributed by atoms with Gasteiger partial charge in [0.1, 0.15) is 0 Å². The van der Waals surface area contributed by atoms with Crippen molar-refractivity contribution >= 4 is 23.2 Å². The fraction of sp³-hybridized carbons (Fsp3) is 0.417. The Kier molecular flexibility index (Phi) is 3.03. The first-order chi connectivity index (χ1) is 7.16. The number of hydrogen-bond donors (Lipinski definition) is 0. The molecule has 2 nitrogen and oxygen atoms in total. The van der Waals surface area contributed by atoms with Crippen molar-refractivity contribution in [3.8, 4) is 0 Å². The predicted molar refractivity (Wildman–Crippen MR) is 64.2 cm³/mol. The van der Waals surface area contributed by atoms with E-state index in [-0.39, 0.29) is 0 Å². The van der Waals surface area contributed by atoms with Gasteiger partial charge in [-0.1, -0.05) is 0 Å². The van der Waals surface area contributed by atoms with Crippen LogP contribution < -0.4 is 0 Å². The zero-order chi connectivity index (χ0) is 10.8. The summed E-state index contributed by atoms with van der Waals surface area (Å²) in [5, 5.41) is 2.07. The lowest BCUT2D eigenvalue weighted by molar-refractivity contribution is -0.117. The van der Waals surface area contributed by atoms with Crippen molar-refractivity contribution in [1.82, 2.24) is 4.90 Å². The second-order valence-corrected chi connectivity index (χ2v) is 5.00. The van der Waals surface area contributed by atoms with Gasteiger partial charge in [0, 0.05) is 30.0 Å². The highest BCUT2D eigenvalue weighted by Gasteiger charge is 2.18. The largest absolute Gasteiger partial charge is 0.302 e. The number of carbonyl (C=O) groups excluding carboxylic acids is 1. The molecular weight excluding hydrogens is 206 g/mol. The fourth-order valence-electron chi connectivity index (χ4n) is 1.73. The lowest BCUT2D eigenvalue weighted by atomic mass is 10.0. The second kappa shape index (κ2) is 4.29. The van der Waals surface area contributed by atoms with Crippen LogP contribution in [0.15, 0.2) is 17.0 Å². The van der Waals surface area contributed by atoms with Crippen molar-refractivity contribution < 1.29 is 4.79 Å². The number of likely N-dealkylation sites (tertiary alicyclic amines) is 1. The van der Waals surface area contributed by atoms with E-state index in [1.165, 1.54) is 10.4 Å². The Morgan fingerprint density at radius 2 is 2.33 bits per heavy atom. The number of likely N-dealkylation sites (N-methyl/N-ethyl adjacent to an activating group) is 1. The van der Waals surface area contributed by atoms with E-state index in [1.807, 2.05) is 0 Å². The van der Waals surface area contributed by atoms with Gasteiger partial charge < -0.3 is 4.90 Å². The molecule has 1 aromatic heterocycles. The molecule has 0 N–H and O–H groups in total. The number of aryl methyl sites for hydroxylation is 1. The summed E-state index contributed by atoms with van der Waals surface area (Å²) in [5.41, 5.74) is 2.21. The first kappa shape index (κ1) is 10.6. The van der Waals surface area contributed by atoms with Gasteiger partial charge in [0.2, 0.25) is 0 Å². The van der Waals surface area contributed by atoms with E-state index >= 15 is 0 Å². The van der Waals surface area contributed by atoms with Crippen molar-refractivity contribution in [2.24, 2.45) is 0 Å². The van der Waals surface area contributed by atoms with Gasteiger partial charge in [-0.15, -0.1) is 11.3 Å². The Labute approximate surface area is 94.2 Å². The van der Waals surface area contributed by atoms with Gasteiger partial charge in [-0.2, -0.15) is 0 Å². The van der Waals surface area contributed by atoms with Gasteiger partial charge in [0.05, 0.1) is 0 Å². The van der Waals surface area contributed by atoms with Gasteiger partial charge in [0.25, 0.3) is 0 Å². The van der Waals surface area contributed by atoms with Crippen LogP contribution in [-0.2, 0) is 4.79 Å². The number of thiophene rings is 1. The normalized spacial score (nSPS) is 21.2. The minimum absolute atomic E-state index is 0.306. The molecule has 1 aliphatic heterocycles. The number of hydrogen-bond acceptors (Lipinski definition) is 3. The lowest BCUT2D eigenvalue weighted by Crippen LogP contribution is -2.32. The lowest BCUT2D eigenvalue weighted by Gasteiger charge is -2.23. The summed E-state index contributed by atoms with van der Waals surface area (Å²) in [6.45, 7) is 3.76. The monoisotopic (exact) mass is 221 g/mol. The van der Waals surface area contributed by atoms with Gasteiger partial charge in [-0.05, 0) is 37.1 Å². The third-order valence-corrected chi connectivity index (χ3v) is 3.69. The summed E-state index contributed by atoms with van der Waals surface area (Å²) in [6.07, 6.45) is 2.71. The highest BCUT2D eigenvalue weighted by Crippen LogP contribution is 2.21. The van der Waals surface area contributed by atoms with E-state index in [2.05, 4.69) is 36.4 Å². The van der Waals surface area contributed by atoms with Crippen LogP contribution >= 0.6 is 11.3 Å². The summed E-state index contributed by atoms with van der Waals surface area (Å²) in [4.78, 5) is 15.1. The number of piperidine rings is 1. The highest BCUT2D eigenvalue weighted by molar-refractivity contribution is 7.11. The molecule has 0 aliphatic carbocycles. The standard InChI is InChI=1S/C12H15NOS/c1-9-4-6-15-12(9)7-10-8-13(2)5-3-11(10)14/h4,6-7H,3,5,8H2,1-2H3/b10-7+. The summed E-state index contributed by atoms with van der Waals surface area (Å²) in [5.74, 6) is 0.306. The van der Waals surface area contributed by atoms with E-state index in [0.29, 0.717) is 12.2 Å². The van der Waals surface area contributed by atoms with Crippen LogP contribution in [0.3, 0.4) is 0 Å². The van der Waals surface area contributed by atoms with E-state index in [9.17, 15) is 4.79 Å². The SMILES string of the molecule is Cc1ccsc1/C=C1\CN(C)CCC1=O. The summed E-state index contributed by atoms with van der Waals surface area (Å²) in [7, 11) is 2.06. The number of nitrogens with zero attached hydrogens (tertiary/aromatic N) is 1. The summed E-state index contributed by atoms with van der Waals surface area (Å²) in [6, 6.07) is 2.09. The highest BCUT2D eigenvalue weighted by atomic mass is 32.1. The Balaban J connectivity index is 2.25. The molecule has 0 saturated carbocycles. The van der Waals surface area contributed by atoms with Gasteiger partial charge in [-0.3, -0.25) is 4.79 Å². The van der Waals surface area contributed by atoms with Crippen LogP contribution in [0.25, 0.3) is 6.08 Å². The first-order valence-electron chi connectivity index (χ1n) is 5.13. The molecule has 1 fully saturated rings. The molecule has 0 amide bonds. The molecule has 0 bridgehead atoms. The van der Waals surface area contributed by atoms with Crippen LogP contribution in [0, 0.1) is 6.92 Å². The zero-order valence-corrected chi connectivity index (χ0v) is 9.93. The molecule has 1 aliphatic rings. The average molecular weight is 221 g/mol. The van der Waals surface area contributed by atoms with Crippen molar-refractivity contribution in [3.05, 3.63) is 27.5 Å². The average Bonchev–Trinajstić information content (AvgIpc) is 2.58. The molecule has 2 heterocycles. The zero-order valence-electron chi connectivity index (χ0n) is 9.12. The molecule has 0 unspecified atom stereocenters. The molecule has 0 radical (unpaired) electrons. The van der Waals surface area contributed by atoms with Crippen LogP contribution in [0.1, 0.15) is 16.9 Å². The minimum Gasteiger partial charge on any atom is -0.302 e. The van der Waals surface area contributed by atoms with Crippen molar-refractivity contribution in [1.29, 1.82) is 0 Å². The maximum Gasteiger partial charge on any atom is 0.161 e. The molecule has 15 heavy (non-hydrogen) atoms. The number of rotatable bonds is 1. The van der Waals surface area contributed by atoms with Gasteiger partial charge in [-0.25, -0.2) is 0 Å². The molecule has 1 saturated heterocycles. The predicted octanol–water partition coefficient (Wildman–Crippen LogP) is 2.34. The van der Waals surface area contributed by atoms with Gasteiger partial charge >= 0.3 is 0 Å². The minimum atomic E-state index is 0.306. The Bertz CT molecular complexity index is 406. The Morgan fingerprint density at radius 1 is 1.53 bits per heavy atom. The van der Waals surface area contributed by atoms with Crippen molar-refractivity contribution in [3.63, 3.8) is 0 Å². The molecule has 80 valence electrons. The van der Waals surface area contributed by atoms with Crippen LogP contribution in [0.4, 0.5) is 0 Å². The smallest absolute Gasteiger partial charge is 0.161 e. The van der Waals surface area contributed by atoms with E-state index in [4.69, 9.17) is 0 Å². The van der Waals surface area contributed by atoms with E-state index in [1.54, 1.807) is 11.3 Å². The van der Waals surface area contributed by atoms with Gasteiger partial charge in [0.15, 0.2) is 5.78 Å². The summed E-state index contributed by atoms with van der Waals surface area (Å²) >= 11 is 1.70. The molecule has 0 spiro atoms. The maximum absolute atomic E-state index is 11.7. The molecule has 0 atom stereocenters. The maximum atomic E-state index is 11.7. The Hall–Kier alpha value is -0.930. The topological polar surface area (TPSA) is 20.3 Å². The molecule has 1 aromatic rings. The molecule has 3 heteroatoms. The fourth-order valence-corrected chi connectivity index (χ4v) is 2.61. The first-order valence-corrected chi connectivity index (χ1v) is 6.01. The molecule has 0 aromatic carbocycles. The third kappa shape index (κ3) is 2.36. The van der Waals surface area contributed by atoms with E-state index < -0.39 is 0 Å². The molecular formula is C12H15NOS. The van der Waals surface area contributed by atoms with Crippen molar-refractivity contribution in [2.45, 2.75) is 13.3 Å². The Morgan fingerprint density at radius 3 is 3.00 bits per heavy atom. The van der Waals surface area contributed by atoms with E-state index in [0.717, 1.165) is 18.7 Å². The van der Waals surface area contributed by atoms with Crippen LogP contribution in [-0.4, -0.2) is 30.8 Å². The van der Waals surface area contributed by atoms with Crippen molar-refractivity contribution in [2.75, 3.05) is 20.1 Å². The number of ketones is 1. The van der Waals surface area contributed by atoms with Crippen LogP contribution in [0.2, 0.25) is 0 Å². The number of Topliss-reactive ketones (excluding diaryl/α,β-unsaturated/α-hetero) is 1. The van der Waals surface area contributed by atoms with Crippen LogP contribution in [0.5, 0.6) is 0 Å². The number of carbonyl (C=O) groups is 1. The molecule has 2 rings (SSSR count). The third-order valence-electron chi connectivity index (χ3n) is 2.73.